The maximum Gasteiger partial charge on any atom is 2.00 e. The Balaban J connectivity index is -0.000000767. The van der Waals surface area contributed by atoms with E-state index in [9.17, 15) is 9.59 Å². The summed E-state index contributed by atoms with van der Waals surface area (Å²) in [4.78, 5) is 22.2. The minimum atomic E-state index is -0.135. The third-order valence-electron chi connectivity index (χ3n) is 8.13. The molecule has 0 N–H and O–H groups in total. The standard InChI is InChI=1S/2C19H38O2S.Zn/c2*1-2-3-4-5-6-7-8-9-10-11-12-13-14-15-17-21-19(20)16-18-22;/h2*22H,2-18H2,1H3;/q;;+2/p-2. The minimum Gasteiger partial charge on any atom is -0.792 e. The maximum absolute atomic E-state index is 11.1. The van der Waals surface area contributed by atoms with Crippen LogP contribution in [0.2, 0.25) is 0 Å². The van der Waals surface area contributed by atoms with Crippen LogP contribution in [0.15, 0.2) is 0 Å². The molecule has 7 heteroatoms. The molecule has 0 atom stereocenters. The fourth-order valence-electron chi connectivity index (χ4n) is 5.28. The van der Waals surface area contributed by atoms with E-state index in [0.717, 1.165) is 12.8 Å². The molecule has 0 bridgehead atoms. The van der Waals surface area contributed by atoms with Gasteiger partial charge in [-0.3, -0.25) is 9.59 Å². The smallest absolute Gasteiger partial charge is 0.792 e. The molecule has 0 radical (unpaired) electrons. The summed E-state index contributed by atoms with van der Waals surface area (Å²) in [6, 6.07) is 0. The summed E-state index contributed by atoms with van der Waals surface area (Å²) >= 11 is 9.48. The molecule has 0 aliphatic carbocycles. The molecule has 0 aromatic heterocycles. The first kappa shape index (κ1) is 49.6. The molecule has 0 fully saturated rings. The molecule has 0 saturated heterocycles. The molecule has 0 unspecified atom stereocenters. The van der Waals surface area contributed by atoms with Crippen LogP contribution in [-0.4, -0.2) is 36.7 Å². The van der Waals surface area contributed by atoms with Crippen molar-refractivity contribution in [3.05, 3.63) is 0 Å². The second-order valence-electron chi connectivity index (χ2n) is 12.5. The second-order valence-corrected chi connectivity index (χ2v) is 13.4. The molecular formula is C38H74O4S2Zn. The van der Waals surface area contributed by atoms with Crippen LogP contribution in [0.5, 0.6) is 0 Å². The van der Waals surface area contributed by atoms with Gasteiger partial charge in [-0.25, -0.2) is 0 Å². The number of rotatable bonds is 34. The number of unbranched alkanes of at least 4 members (excludes halogenated alkanes) is 26. The summed E-state index contributed by atoms with van der Waals surface area (Å²) in [5.41, 5.74) is 0. The largest absolute Gasteiger partial charge is 2.00 e. The van der Waals surface area contributed by atoms with Crippen molar-refractivity contribution in [2.75, 3.05) is 24.7 Å². The van der Waals surface area contributed by atoms with Gasteiger partial charge in [-0.2, -0.15) is 11.5 Å². The van der Waals surface area contributed by atoms with Gasteiger partial charge in [0.15, 0.2) is 0 Å². The minimum absolute atomic E-state index is 0. The van der Waals surface area contributed by atoms with Crippen molar-refractivity contribution in [1.29, 1.82) is 0 Å². The Morgan fingerprint density at radius 3 is 0.778 bits per heavy atom. The Bertz CT molecular complexity index is 518. The molecule has 0 aromatic carbocycles. The van der Waals surface area contributed by atoms with Crippen molar-refractivity contribution < 1.29 is 38.5 Å². The number of hydrogen-bond donors (Lipinski definition) is 0. The van der Waals surface area contributed by atoms with E-state index < -0.39 is 0 Å². The van der Waals surface area contributed by atoms with Crippen molar-refractivity contribution in [3.8, 4) is 0 Å². The fourth-order valence-corrected chi connectivity index (χ4v) is 5.61. The predicted octanol–water partition coefficient (Wildman–Crippen LogP) is 11.9. The van der Waals surface area contributed by atoms with Crippen LogP contribution in [0, 0.1) is 0 Å². The summed E-state index contributed by atoms with van der Waals surface area (Å²) in [7, 11) is 0. The molecule has 4 nitrogen and oxygen atoms in total. The quantitative estimate of drug-likeness (QED) is 0.0285. The molecular weight excluding hydrogens is 650 g/mol. The molecule has 0 spiro atoms. The van der Waals surface area contributed by atoms with Crippen molar-refractivity contribution in [3.63, 3.8) is 0 Å². The van der Waals surface area contributed by atoms with Gasteiger partial charge in [0.25, 0.3) is 0 Å². The van der Waals surface area contributed by atoms with Gasteiger partial charge in [-0.05, 0) is 12.8 Å². The van der Waals surface area contributed by atoms with Crippen LogP contribution in [0.4, 0.5) is 0 Å². The monoisotopic (exact) mass is 722 g/mol. The van der Waals surface area contributed by atoms with Crippen molar-refractivity contribution in [2.45, 2.75) is 206 Å². The molecule has 0 heterocycles. The van der Waals surface area contributed by atoms with Gasteiger partial charge in [0.2, 0.25) is 0 Å². The topological polar surface area (TPSA) is 52.6 Å². The number of esters is 2. The Labute approximate surface area is 305 Å². The molecule has 0 amide bonds. The van der Waals surface area contributed by atoms with Gasteiger partial charge in [-0.1, -0.05) is 181 Å². The third-order valence-corrected chi connectivity index (χ3v) is 8.54. The number of carbonyl (C=O) groups is 2. The summed E-state index contributed by atoms with van der Waals surface area (Å²) < 4.78 is 10.2. The van der Waals surface area contributed by atoms with E-state index >= 15 is 0 Å². The van der Waals surface area contributed by atoms with E-state index in [-0.39, 0.29) is 31.4 Å². The SMILES string of the molecule is CCCCCCCCCCCCCCCCOC(=O)CC[S-].CCCCCCCCCCCCCCCCOC(=O)CC[S-].[Zn+2]. The first-order chi connectivity index (χ1) is 21.6. The molecule has 0 aliphatic rings. The van der Waals surface area contributed by atoms with E-state index in [0.29, 0.717) is 37.6 Å². The Hall–Kier alpha value is 0.263. The zero-order chi connectivity index (χ0) is 32.6. The van der Waals surface area contributed by atoms with Gasteiger partial charge in [0, 0.05) is 12.8 Å². The van der Waals surface area contributed by atoms with E-state index in [2.05, 4.69) is 13.8 Å². The van der Waals surface area contributed by atoms with Crippen molar-refractivity contribution >= 4 is 37.2 Å². The zero-order valence-corrected chi connectivity index (χ0v) is 34.8. The first-order valence-corrected chi connectivity index (χ1v) is 20.2. The summed E-state index contributed by atoms with van der Waals surface area (Å²) in [6.07, 6.45) is 38.5. The molecule has 264 valence electrons. The number of ether oxygens (including phenoxy) is 2. The van der Waals surface area contributed by atoms with E-state index in [1.807, 2.05) is 0 Å². The van der Waals surface area contributed by atoms with E-state index in [1.54, 1.807) is 0 Å². The van der Waals surface area contributed by atoms with Gasteiger partial charge < -0.3 is 34.7 Å². The van der Waals surface area contributed by atoms with Crippen LogP contribution in [-0.2, 0) is 63.8 Å². The van der Waals surface area contributed by atoms with Gasteiger partial charge in [-0.15, -0.1) is 0 Å². The average molecular weight is 725 g/mol. The molecule has 0 aliphatic heterocycles. The van der Waals surface area contributed by atoms with Crippen LogP contribution < -0.4 is 0 Å². The van der Waals surface area contributed by atoms with Gasteiger partial charge in [0.05, 0.1) is 13.2 Å². The van der Waals surface area contributed by atoms with Crippen molar-refractivity contribution in [2.24, 2.45) is 0 Å². The van der Waals surface area contributed by atoms with Crippen LogP contribution >= 0.6 is 0 Å². The number of hydrogen-bond acceptors (Lipinski definition) is 6. The average Bonchev–Trinajstić information content (AvgIpc) is 3.01. The molecule has 45 heavy (non-hydrogen) atoms. The maximum atomic E-state index is 11.1. The first-order valence-electron chi connectivity index (χ1n) is 19.1. The van der Waals surface area contributed by atoms with E-state index in [4.69, 9.17) is 34.7 Å². The molecule has 0 rings (SSSR count). The third kappa shape index (κ3) is 48.8. The normalized spacial score (nSPS) is 10.6. The second kappa shape index (κ2) is 46.4. The molecule has 0 aromatic rings. The van der Waals surface area contributed by atoms with Crippen LogP contribution in [0.25, 0.3) is 0 Å². The van der Waals surface area contributed by atoms with E-state index in [1.165, 1.54) is 167 Å². The zero-order valence-electron chi connectivity index (χ0n) is 30.2. The summed E-state index contributed by atoms with van der Waals surface area (Å²) in [5, 5.41) is 0. The van der Waals surface area contributed by atoms with Crippen molar-refractivity contribution in [1.82, 2.24) is 0 Å². The Kier molecular flexibility index (Phi) is 51.2. The van der Waals surface area contributed by atoms with Crippen LogP contribution in [0.3, 0.4) is 0 Å². The fraction of sp³-hybridized carbons (Fsp3) is 0.947. The Morgan fingerprint density at radius 1 is 0.378 bits per heavy atom. The summed E-state index contributed by atoms with van der Waals surface area (Å²) in [6.45, 7) is 5.70. The predicted molar refractivity (Wildman–Crippen MR) is 196 cm³/mol. The van der Waals surface area contributed by atoms with Gasteiger partial charge >= 0.3 is 31.4 Å². The Morgan fingerprint density at radius 2 is 0.578 bits per heavy atom. The molecule has 0 saturated carbocycles. The van der Waals surface area contributed by atoms with Crippen LogP contribution in [0.1, 0.15) is 206 Å². The summed E-state index contributed by atoms with van der Waals surface area (Å²) in [5.74, 6) is 0.671. The number of carbonyl (C=O) groups excluding carboxylic acids is 2. The van der Waals surface area contributed by atoms with Gasteiger partial charge in [0.1, 0.15) is 0 Å².